The number of unbranched alkanes of at least 4 members (excludes halogenated alkanes) is 2. The van der Waals surface area contributed by atoms with Crippen LogP contribution in [0.3, 0.4) is 0 Å². The lowest BCUT2D eigenvalue weighted by Crippen LogP contribution is -2.49. The molecule has 0 atom stereocenters. The van der Waals surface area contributed by atoms with Gasteiger partial charge in [0.05, 0.1) is 33.3 Å². The predicted octanol–water partition coefficient (Wildman–Crippen LogP) is 4.24. The molecule has 31 heavy (non-hydrogen) atoms. The number of carbonyl (C=O) groups excluding carboxylic acids is 1. The quantitative estimate of drug-likeness (QED) is 0.298. The summed E-state index contributed by atoms with van der Waals surface area (Å²) in [6, 6.07) is 3.95. The maximum atomic E-state index is 12.8. The summed E-state index contributed by atoms with van der Waals surface area (Å²) in [5.74, 6) is -0.327. The highest BCUT2D eigenvalue weighted by molar-refractivity contribution is 7.34. The van der Waals surface area contributed by atoms with Gasteiger partial charge in [-0.25, -0.2) is 4.79 Å². The molecule has 3 radical (unpaired) electrons. The summed E-state index contributed by atoms with van der Waals surface area (Å²) < 4.78 is 14.8. The number of hydrogen-bond donors (Lipinski definition) is 1. The Kier molecular flexibility index (Phi) is 7.26. The summed E-state index contributed by atoms with van der Waals surface area (Å²) in [5, 5.41) is 12.3. The van der Waals surface area contributed by atoms with E-state index in [-0.39, 0.29) is 5.97 Å². The average Bonchev–Trinajstić information content (AvgIpc) is 3.28. The van der Waals surface area contributed by atoms with Crippen LogP contribution >= 0.6 is 22.7 Å². The number of methoxy groups -OCH3 is 1. The zero-order valence-corrected chi connectivity index (χ0v) is 20.8. The summed E-state index contributed by atoms with van der Waals surface area (Å²) in [4.78, 5) is 12.8. The summed E-state index contributed by atoms with van der Waals surface area (Å²) in [5.41, 5.74) is -0.124. The van der Waals surface area contributed by atoms with Crippen molar-refractivity contribution in [1.29, 1.82) is 0 Å². The SMILES string of the molecule is [B]c1cc2c(C(=O)OC)c(CCCCC)c3cc([B]OC(C)(C)C(C)(C)O)sc3c2s1. The number of fused-ring (bicyclic) bond motifs is 3. The van der Waals surface area contributed by atoms with Gasteiger partial charge in [-0.2, -0.15) is 11.3 Å². The van der Waals surface area contributed by atoms with E-state index < -0.39 is 11.2 Å². The second-order valence-electron chi connectivity index (χ2n) is 8.89. The van der Waals surface area contributed by atoms with E-state index in [4.69, 9.17) is 17.2 Å². The monoisotopic (exact) mass is 455 g/mol. The molecule has 3 aromatic rings. The Morgan fingerprint density at radius 2 is 1.81 bits per heavy atom. The molecule has 0 aliphatic heterocycles. The van der Waals surface area contributed by atoms with Crippen molar-refractivity contribution in [2.75, 3.05) is 7.11 Å². The van der Waals surface area contributed by atoms with Gasteiger partial charge in [-0.15, -0.1) is 11.3 Å². The van der Waals surface area contributed by atoms with Gasteiger partial charge < -0.3 is 14.5 Å². The Labute approximate surface area is 194 Å². The molecule has 0 bridgehead atoms. The molecule has 0 unspecified atom stereocenters. The van der Waals surface area contributed by atoms with Crippen LogP contribution in [0.4, 0.5) is 0 Å². The average molecular weight is 455 g/mol. The van der Waals surface area contributed by atoms with E-state index in [1.165, 1.54) is 18.4 Å². The molecule has 0 aliphatic carbocycles. The molecule has 2 heterocycles. The summed E-state index contributed by atoms with van der Waals surface area (Å²) in [6.45, 7) is 9.36. The number of aryl methyl sites for hydroxylation is 1. The lowest BCUT2D eigenvalue weighted by atomic mass is 9.85. The van der Waals surface area contributed by atoms with Crippen molar-refractivity contribution < 1.29 is 19.3 Å². The molecule has 0 fully saturated rings. The minimum absolute atomic E-state index is 0.327. The Hall–Kier alpha value is -1.34. The van der Waals surface area contributed by atoms with Crippen LogP contribution in [0.2, 0.25) is 0 Å². The largest absolute Gasteiger partial charge is 0.465 e. The van der Waals surface area contributed by atoms with E-state index in [0.29, 0.717) is 10.3 Å². The van der Waals surface area contributed by atoms with Crippen molar-refractivity contribution in [3.63, 3.8) is 0 Å². The van der Waals surface area contributed by atoms with Crippen LogP contribution < -0.4 is 9.55 Å². The van der Waals surface area contributed by atoms with Crippen LogP contribution in [-0.2, 0) is 15.8 Å². The van der Waals surface area contributed by atoms with Crippen molar-refractivity contribution in [1.82, 2.24) is 0 Å². The number of ether oxygens (including phenoxy) is 1. The first-order valence-corrected chi connectivity index (χ1v) is 12.2. The first kappa shape index (κ1) is 24.3. The van der Waals surface area contributed by atoms with Crippen molar-refractivity contribution >= 4 is 73.7 Å². The topological polar surface area (TPSA) is 55.8 Å². The van der Waals surface area contributed by atoms with E-state index in [0.717, 1.165) is 56.2 Å². The molecule has 4 nitrogen and oxygen atoms in total. The molecule has 0 saturated carbocycles. The van der Waals surface area contributed by atoms with Gasteiger partial charge >= 0.3 is 13.5 Å². The fourth-order valence-corrected chi connectivity index (χ4v) is 5.56. The minimum Gasteiger partial charge on any atom is -0.465 e. The second-order valence-corrected chi connectivity index (χ2v) is 11.1. The summed E-state index contributed by atoms with van der Waals surface area (Å²) >= 11 is 3.10. The van der Waals surface area contributed by atoms with Gasteiger partial charge in [0.15, 0.2) is 0 Å². The third kappa shape index (κ3) is 4.87. The molecule has 2 aromatic heterocycles. The molecule has 1 aromatic carbocycles. The first-order valence-electron chi connectivity index (χ1n) is 10.6. The lowest BCUT2D eigenvalue weighted by molar-refractivity contribution is -0.0892. The summed E-state index contributed by atoms with van der Waals surface area (Å²) in [6.07, 6.45) is 4.00. The van der Waals surface area contributed by atoms with E-state index >= 15 is 0 Å². The fraction of sp³-hybridized carbons (Fsp3) is 0.522. The molecule has 3 rings (SSSR count). The van der Waals surface area contributed by atoms with Crippen LogP contribution in [0.5, 0.6) is 0 Å². The third-order valence-electron chi connectivity index (χ3n) is 5.97. The Morgan fingerprint density at radius 3 is 2.42 bits per heavy atom. The van der Waals surface area contributed by atoms with Crippen molar-refractivity contribution in [2.45, 2.75) is 71.5 Å². The zero-order chi connectivity index (χ0) is 23.0. The highest BCUT2D eigenvalue weighted by Crippen LogP contribution is 2.39. The van der Waals surface area contributed by atoms with Crippen LogP contribution in [0, 0.1) is 0 Å². The van der Waals surface area contributed by atoms with Gasteiger partial charge in [0, 0.05) is 10.2 Å². The maximum absolute atomic E-state index is 12.8. The minimum atomic E-state index is -1.00. The van der Waals surface area contributed by atoms with Gasteiger partial charge in [0.2, 0.25) is 0 Å². The first-order chi connectivity index (χ1) is 14.5. The van der Waals surface area contributed by atoms with E-state index in [1.54, 1.807) is 32.7 Å². The van der Waals surface area contributed by atoms with Gasteiger partial charge in [-0.05, 0) is 62.3 Å². The van der Waals surface area contributed by atoms with Crippen LogP contribution in [0.25, 0.3) is 20.2 Å². The standard InChI is InChI=1S/C23H29B2O4S2/c1-7-8-9-10-13-14-12-17(25-29-23(4,5)22(2,3)27)31-19(14)20-15(11-16(24)30-20)18(13)21(26)28-6/h11-12,27H,7-10H2,1-6H3. The maximum Gasteiger partial charge on any atom is 0.341 e. The Balaban J connectivity index is 2.15. The molecule has 163 valence electrons. The highest BCUT2D eigenvalue weighted by Gasteiger charge is 2.36. The number of thiophene rings is 2. The molecule has 0 spiro atoms. The van der Waals surface area contributed by atoms with Crippen LogP contribution in [0.1, 0.15) is 69.8 Å². The summed E-state index contributed by atoms with van der Waals surface area (Å²) in [7, 11) is 9.27. The van der Waals surface area contributed by atoms with Gasteiger partial charge in [-0.3, -0.25) is 0 Å². The molecule has 0 aliphatic rings. The van der Waals surface area contributed by atoms with Crippen molar-refractivity contribution in [2.24, 2.45) is 0 Å². The highest BCUT2D eigenvalue weighted by atomic mass is 32.1. The smallest absolute Gasteiger partial charge is 0.341 e. The third-order valence-corrected chi connectivity index (χ3v) is 8.16. The van der Waals surface area contributed by atoms with E-state index in [1.807, 2.05) is 19.9 Å². The van der Waals surface area contributed by atoms with Crippen molar-refractivity contribution in [3.05, 3.63) is 23.3 Å². The normalized spacial score (nSPS) is 12.6. The molecule has 0 saturated heterocycles. The molecular formula is C23H29B2O4S2. The number of rotatable bonds is 9. The van der Waals surface area contributed by atoms with Gasteiger partial charge in [-0.1, -0.05) is 25.8 Å². The molecule has 8 heteroatoms. The number of aliphatic hydroxyl groups is 1. The number of esters is 1. The van der Waals surface area contributed by atoms with E-state index in [2.05, 4.69) is 13.0 Å². The Bertz CT molecular complexity index is 1090. The van der Waals surface area contributed by atoms with E-state index in [9.17, 15) is 9.90 Å². The fourth-order valence-electron chi connectivity index (χ4n) is 3.42. The van der Waals surface area contributed by atoms with Gasteiger partial charge in [0.25, 0.3) is 0 Å². The number of carbonyl (C=O) groups is 1. The van der Waals surface area contributed by atoms with Crippen LogP contribution in [-0.4, -0.2) is 44.7 Å². The number of hydrogen-bond acceptors (Lipinski definition) is 6. The number of benzene rings is 1. The molecule has 0 amide bonds. The Morgan fingerprint density at radius 1 is 1.13 bits per heavy atom. The lowest BCUT2D eigenvalue weighted by Gasteiger charge is -2.37. The second kappa shape index (κ2) is 9.26. The molecular weight excluding hydrogens is 426 g/mol. The predicted molar refractivity (Wildman–Crippen MR) is 134 cm³/mol. The zero-order valence-electron chi connectivity index (χ0n) is 19.1. The van der Waals surface area contributed by atoms with Gasteiger partial charge in [0.1, 0.15) is 7.85 Å². The van der Waals surface area contributed by atoms with Crippen LogP contribution in [0.15, 0.2) is 12.1 Å². The van der Waals surface area contributed by atoms with Crippen molar-refractivity contribution in [3.8, 4) is 0 Å². The molecule has 1 N–H and O–H groups in total.